The zero-order chi connectivity index (χ0) is 33.8. The summed E-state index contributed by atoms with van der Waals surface area (Å²) in [7, 11) is 0. The van der Waals surface area contributed by atoms with Gasteiger partial charge < -0.3 is 35.8 Å². The molecule has 5 heteroatoms. The van der Waals surface area contributed by atoms with Gasteiger partial charge >= 0.3 is 0 Å². The van der Waals surface area contributed by atoms with E-state index >= 15 is 0 Å². The quantitative estimate of drug-likeness (QED) is 0.0560. The van der Waals surface area contributed by atoms with Crippen LogP contribution in [0.5, 0.6) is 0 Å². The number of carboxylic acids is 1. The Balaban J connectivity index is -0.000000287. The molecular formula is C40H87BrN2O2. The van der Waals surface area contributed by atoms with Crippen molar-refractivity contribution in [1.82, 2.24) is 0 Å². The fourth-order valence-corrected chi connectivity index (χ4v) is 6.16. The van der Waals surface area contributed by atoms with E-state index in [2.05, 4.69) is 62.3 Å². The Morgan fingerprint density at radius 2 is 0.556 bits per heavy atom. The summed E-state index contributed by atoms with van der Waals surface area (Å²) in [6.07, 6.45) is 27.7. The molecule has 0 N–H and O–H groups in total. The van der Waals surface area contributed by atoms with Crippen molar-refractivity contribution < 1.29 is 35.8 Å². The van der Waals surface area contributed by atoms with Gasteiger partial charge in [0, 0.05) is 5.97 Å². The number of unbranched alkanes of at least 4 members (excludes halogenated alkanes) is 12. The van der Waals surface area contributed by atoms with E-state index in [-0.39, 0.29) is 23.4 Å². The minimum atomic E-state index is -0.920. The lowest BCUT2D eigenvalue weighted by molar-refractivity contribution is -0.929. The highest BCUT2D eigenvalue weighted by atomic mass is 79.9. The highest BCUT2D eigenvalue weighted by molar-refractivity contribution is 5.64. The van der Waals surface area contributed by atoms with E-state index in [1.54, 1.807) is 0 Å². The molecule has 0 rings (SSSR count). The topological polar surface area (TPSA) is 40.1 Å². The van der Waals surface area contributed by atoms with E-state index in [1.165, 1.54) is 177 Å². The lowest BCUT2D eigenvalue weighted by Gasteiger charge is -2.39. The molecule has 0 spiro atoms. The highest BCUT2D eigenvalue weighted by Crippen LogP contribution is 2.17. The molecule has 0 atom stereocenters. The fourth-order valence-electron chi connectivity index (χ4n) is 6.16. The van der Waals surface area contributed by atoms with E-state index in [0.29, 0.717) is 0 Å². The van der Waals surface area contributed by atoms with Gasteiger partial charge in [0.2, 0.25) is 0 Å². The molecule has 4 nitrogen and oxygen atoms in total. The van der Waals surface area contributed by atoms with Crippen molar-refractivity contribution >= 4 is 5.97 Å². The summed E-state index contributed by atoms with van der Waals surface area (Å²) in [4.78, 5) is 9.92. The molecule has 45 heavy (non-hydrogen) atoms. The maximum Gasteiger partial charge on any atom is 0.0786 e. The second-order valence-corrected chi connectivity index (χ2v) is 13.8. The normalized spacial score (nSPS) is 11.2. The smallest absolute Gasteiger partial charge is 0.0786 e. The zero-order valence-electron chi connectivity index (χ0n) is 32.8. The molecule has 0 amide bonds. The third kappa shape index (κ3) is 35.0. The molecule has 276 valence electrons. The van der Waals surface area contributed by atoms with E-state index in [1.807, 2.05) is 0 Å². The monoisotopic (exact) mass is 707 g/mol. The average Bonchev–Trinajstić information content (AvgIpc) is 3.03. The third-order valence-corrected chi connectivity index (χ3v) is 9.37. The Kier molecular flexibility index (Phi) is 46.0. The first-order valence-electron chi connectivity index (χ1n) is 20.2. The molecular weight excluding hydrogens is 620 g/mol. The summed E-state index contributed by atoms with van der Waals surface area (Å²) in [5, 5.41) is 9.92. The second-order valence-electron chi connectivity index (χ2n) is 13.8. The molecule has 0 aromatic rings. The van der Waals surface area contributed by atoms with Crippen LogP contribution in [0.2, 0.25) is 0 Å². The molecule has 0 aromatic carbocycles. The zero-order valence-corrected chi connectivity index (χ0v) is 34.4. The number of carboxylic acid groups (broad SMARTS) is 1. The largest absolute Gasteiger partial charge is 1.00 e. The van der Waals surface area contributed by atoms with Crippen LogP contribution in [0.25, 0.3) is 0 Å². The van der Waals surface area contributed by atoms with Crippen LogP contribution in [0, 0.1) is 0 Å². The van der Waals surface area contributed by atoms with Crippen LogP contribution < -0.4 is 22.1 Å². The molecule has 0 aromatic heterocycles. The van der Waals surface area contributed by atoms with Crippen molar-refractivity contribution in [2.24, 2.45) is 0 Å². The summed E-state index contributed by atoms with van der Waals surface area (Å²) in [6, 6.07) is 0. The molecule has 0 heterocycles. The van der Waals surface area contributed by atoms with Crippen molar-refractivity contribution in [3.8, 4) is 0 Å². The summed E-state index contributed by atoms with van der Waals surface area (Å²) in [5.41, 5.74) is 0. The van der Waals surface area contributed by atoms with Gasteiger partial charge in [0.15, 0.2) is 0 Å². The molecule has 0 radical (unpaired) electrons. The molecule has 0 saturated carbocycles. The maximum atomic E-state index is 9.92. The van der Waals surface area contributed by atoms with Gasteiger partial charge in [-0.25, -0.2) is 0 Å². The Hall–Kier alpha value is -0.130. The highest BCUT2D eigenvalue weighted by Gasteiger charge is 2.25. The summed E-state index contributed by atoms with van der Waals surface area (Å²) in [6.45, 7) is 32.2. The predicted molar refractivity (Wildman–Crippen MR) is 197 cm³/mol. The molecule has 0 aliphatic rings. The number of quaternary nitrogens is 2. The van der Waals surface area contributed by atoms with E-state index in [9.17, 15) is 9.90 Å². The Morgan fingerprint density at radius 1 is 0.356 bits per heavy atom. The number of aliphatic carboxylic acids is 1. The average molecular weight is 708 g/mol. The van der Waals surface area contributed by atoms with Gasteiger partial charge in [-0.3, -0.25) is 0 Å². The lowest BCUT2D eigenvalue weighted by Crippen LogP contribution is -3.00. The molecule has 0 fully saturated rings. The van der Waals surface area contributed by atoms with Gasteiger partial charge in [-0.15, -0.1) is 0 Å². The number of nitrogens with zero attached hydrogens (tertiary/aromatic N) is 2. The Labute approximate surface area is 296 Å². The van der Waals surface area contributed by atoms with Crippen LogP contribution >= 0.6 is 0 Å². The van der Waals surface area contributed by atoms with Crippen LogP contribution in [-0.4, -0.2) is 67.3 Å². The number of carbonyl (C=O) groups excluding carboxylic acids is 1. The minimum absolute atomic E-state index is 0. The van der Waals surface area contributed by atoms with E-state index < -0.39 is 5.97 Å². The molecule has 0 unspecified atom stereocenters. The van der Waals surface area contributed by atoms with Crippen molar-refractivity contribution in [3.05, 3.63) is 0 Å². The Morgan fingerprint density at radius 3 is 0.733 bits per heavy atom. The van der Waals surface area contributed by atoms with Crippen LogP contribution in [0.15, 0.2) is 0 Å². The standard InChI is InChI=1S/2C16H36N.C8H16O2.BrH/c2*1-5-9-13-17(14-10-6-2,15-11-7-3)16-12-8-4;1-2-3-4-5-6-7-8(9)10;/h2*5-16H2,1-4H3;2-7H2,1H3,(H,9,10);1H/q2*+1;;/p-2. The van der Waals surface area contributed by atoms with Gasteiger partial charge in [0.1, 0.15) is 0 Å². The molecule has 0 bridgehead atoms. The fraction of sp³-hybridized carbons (Fsp3) is 0.975. The maximum absolute atomic E-state index is 9.92. The van der Waals surface area contributed by atoms with E-state index in [4.69, 9.17) is 0 Å². The van der Waals surface area contributed by atoms with Crippen molar-refractivity contribution in [3.63, 3.8) is 0 Å². The molecule has 0 aliphatic carbocycles. The Bertz CT molecular complexity index is 447. The van der Waals surface area contributed by atoms with Gasteiger partial charge in [-0.2, -0.15) is 0 Å². The van der Waals surface area contributed by atoms with E-state index in [0.717, 1.165) is 19.3 Å². The number of hydrogen-bond acceptors (Lipinski definition) is 2. The first-order valence-corrected chi connectivity index (χ1v) is 20.2. The minimum Gasteiger partial charge on any atom is -1.00 e. The SMILES string of the molecule is CCCCCCCC(=O)[O-].CCCC[N+](CCCC)(CCCC)CCCC.CCCC[N+](CCCC)(CCCC)CCCC.[Br-]. The van der Waals surface area contributed by atoms with Crippen molar-refractivity contribution in [1.29, 1.82) is 0 Å². The lowest BCUT2D eigenvalue weighted by atomic mass is 10.1. The van der Waals surface area contributed by atoms with Crippen LogP contribution in [0.1, 0.15) is 204 Å². The van der Waals surface area contributed by atoms with Gasteiger partial charge in [-0.1, -0.05) is 139 Å². The molecule has 0 aliphatic heterocycles. The summed E-state index contributed by atoms with van der Waals surface area (Å²) < 4.78 is 2.84. The van der Waals surface area contributed by atoms with Crippen LogP contribution in [0.4, 0.5) is 0 Å². The number of rotatable bonds is 30. The van der Waals surface area contributed by atoms with Crippen LogP contribution in [-0.2, 0) is 4.79 Å². The van der Waals surface area contributed by atoms with Crippen LogP contribution in [0.3, 0.4) is 0 Å². The molecule has 0 saturated heterocycles. The summed E-state index contributed by atoms with van der Waals surface area (Å²) >= 11 is 0. The number of carbonyl (C=O) groups is 1. The van der Waals surface area contributed by atoms with Gasteiger partial charge in [0.05, 0.1) is 52.4 Å². The third-order valence-electron chi connectivity index (χ3n) is 9.37. The number of halogens is 1. The van der Waals surface area contributed by atoms with Crippen molar-refractivity contribution in [2.75, 3.05) is 52.4 Å². The first kappa shape index (κ1) is 51.7. The predicted octanol–water partition coefficient (Wildman–Crippen LogP) is 8.11. The second kappa shape index (κ2) is 40.0. The van der Waals surface area contributed by atoms with Gasteiger partial charge in [0.25, 0.3) is 0 Å². The van der Waals surface area contributed by atoms with Gasteiger partial charge in [-0.05, 0) is 64.2 Å². The summed E-state index contributed by atoms with van der Waals surface area (Å²) in [5.74, 6) is -0.920. The number of hydrogen-bond donors (Lipinski definition) is 0. The first-order chi connectivity index (χ1) is 21.3. The van der Waals surface area contributed by atoms with Crippen molar-refractivity contribution in [2.45, 2.75) is 204 Å².